The largest absolute Gasteiger partial charge is 0.325 e. The zero-order chi connectivity index (χ0) is 16.3. The smallest absolute Gasteiger partial charge is 0.261 e. The number of amides is 1. The van der Waals surface area contributed by atoms with E-state index in [1.165, 1.54) is 31.2 Å². The molecule has 0 saturated heterocycles. The summed E-state index contributed by atoms with van der Waals surface area (Å²) in [5.41, 5.74) is 1.59. The zero-order valence-electron chi connectivity index (χ0n) is 12.1. The molecule has 116 valence electrons. The monoisotopic (exact) mass is 338 g/mol. The Labute approximate surface area is 134 Å². The lowest BCUT2D eigenvalue weighted by molar-refractivity contribution is -0.114. The van der Waals surface area contributed by atoms with Crippen molar-refractivity contribution in [3.8, 4) is 0 Å². The minimum absolute atomic E-state index is 0.176. The summed E-state index contributed by atoms with van der Waals surface area (Å²) < 4.78 is 27.1. The highest BCUT2D eigenvalue weighted by molar-refractivity contribution is 7.92. The molecule has 0 aliphatic carbocycles. The van der Waals surface area contributed by atoms with Crippen LogP contribution in [0, 0.1) is 6.92 Å². The van der Waals surface area contributed by atoms with Crippen LogP contribution in [0.2, 0.25) is 5.02 Å². The zero-order valence-corrected chi connectivity index (χ0v) is 13.6. The van der Waals surface area contributed by atoms with E-state index in [0.29, 0.717) is 11.4 Å². The summed E-state index contributed by atoms with van der Waals surface area (Å²) in [5.74, 6) is -0.255. The summed E-state index contributed by atoms with van der Waals surface area (Å²) in [5, 5.41) is 2.80. The summed E-state index contributed by atoms with van der Waals surface area (Å²) >= 11 is 6.02. The van der Waals surface area contributed by atoms with Gasteiger partial charge >= 0.3 is 0 Å². The number of sulfonamides is 1. The highest BCUT2D eigenvalue weighted by atomic mass is 35.5. The van der Waals surface area contributed by atoms with Crippen LogP contribution in [0.4, 0.5) is 11.4 Å². The van der Waals surface area contributed by atoms with Crippen LogP contribution in [0.15, 0.2) is 47.4 Å². The molecule has 0 fully saturated rings. The molecule has 2 aromatic rings. The van der Waals surface area contributed by atoms with E-state index in [1.54, 1.807) is 12.1 Å². The van der Waals surface area contributed by atoms with Gasteiger partial charge in [-0.25, -0.2) is 8.42 Å². The molecule has 7 heteroatoms. The number of benzene rings is 2. The van der Waals surface area contributed by atoms with Gasteiger partial charge in [0.05, 0.1) is 21.3 Å². The number of rotatable bonds is 4. The first-order valence-corrected chi connectivity index (χ1v) is 8.31. The van der Waals surface area contributed by atoms with Crippen molar-refractivity contribution in [2.24, 2.45) is 0 Å². The number of hydrogen-bond donors (Lipinski definition) is 2. The molecule has 0 radical (unpaired) electrons. The van der Waals surface area contributed by atoms with E-state index < -0.39 is 10.0 Å². The number of halogens is 1. The normalized spacial score (nSPS) is 11.0. The number of nitrogens with one attached hydrogen (secondary N) is 2. The standard InChI is InChI=1S/C15H15ClN2O3S/c1-10-4-3-5-13(8-10)22(20,21)18-12-6-7-15(14(16)9-12)17-11(2)19/h3-9,18H,1-2H3,(H,17,19). The molecule has 2 N–H and O–H groups in total. The van der Waals surface area contributed by atoms with Crippen molar-refractivity contribution < 1.29 is 13.2 Å². The molecule has 2 rings (SSSR count). The third-order valence-corrected chi connectivity index (χ3v) is 4.52. The Morgan fingerprint density at radius 3 is 2.45 bits per heavy atom. The molecule has 5 nitrogen and oxygen atoms in total. The number of hydrogen-bond acceptors (Lipinski definition) is 3. The average molecular weight is 339 g/mol. The van der Waals surface area contributed by atoms with Gasteiger partial charge in [0.15, 0.2) is 0 Å². The van der Waals surface area contributed by atoms with Gasteiger partial charge in [0.2, 0.25) is 5.91 Å². The first-order chi connectivity index (χ1) is 10.3. The van der Waals surface area contributed by atoms with Gasteiger partial charge in [0, 0.05) is 6.92 Å². The molecule has 0 bridgehead atoms. The second-order valence-electron chi connectivity index (χ2n) is 4.80. The van der Waals surface area contributed by atoms with Crippen molar-refractivity contribution >= 4 is 38.9 Å². The first-order valence-electron chi connectivity index (χ1n) is 6.44. The van der Waals surface area contributed by atoms with Crippen molar-refractivity contribution in [2.75, 3.05) is 10.0 Å². The summed E-state index contributed by atoms with van der Waals surface area (Å²) in [6, 6.07) is 11.1. The Bertz CT molecular complexity index is 819. The fourth-order valence-corrected chi connectivity index (χ4v) is 3.25. The molecule has 2 aromatic carbocycles. The Morgan fingerprint density at radius 1 is 1.14 bits per heavy atom. The van der Waals surface area contributed by atoms with Crippen LogP contribution in [-0.4, -0.2) is 14.3 Å². The maximum Gasteiger partial charge on any atom is 0.261 e. The highest BCUT2D eigenvalue weighted by Gasteiger charge is 2.15. The molecular weight excluding hydrogens is 324 g/mol. The lowest BCUT2D eigenvalue weighted by Crippen LogP contribution is -2.13. The summed E-state index contributed by atoms with van der Waals surface area (Å²) in [6.45, 7) is 3.18. The Morgan fingerprint density at radius 2 is 1.86 bits per heavy atom. The number of anilines is 2. The van der Waals surface area contributed by atoms with Crippen molar-refractivity contribution in [1.82, 2.24) is 0 Å². The summed E-state index contributed by atoms with van der Waals surface area (Å²) in [4.78, 5) is 11.2. The fourth-order valence-electron chi connectivity index (χ4n) is 1.87. The van der Waals surface area contributed by atoms with Gasteiger partial charge in [0.1, 0.15) is 0 Å². The molecule has 0 aromatic heterocycles. The highest BCUT2D eigenvalue weighted by Crippen LogP contribution is 2.27. The minimum atomic E-state index is -3.68. The fraction of sp³-hybridized carbons (Fsp3) is 0.133. The minimum Gasteiger partial charge on any atom is -0.325 e. The van der Waals surface area contributed by atoms with Gasteiger partial charge in [-0.15, -0.1) is 0 Å². The van der Waals surface area contributed by atoms with E-state index in [1.807, 2.05) is 13.0 Å². The van der Waals surface area contributed by atoms with Gasteiger partial charge in [-0.1, -0.05) is 23.7 Å². The van der Waals surface area contributed by atoms with E-state index in [9.17, 15) is 13.2 Å². The van der Waals surface area contributed by atoms with Crippen LogP contribution >= 0.6 is 11.6 Å². The molecular formula is C15H15ClN2O3S. The van der Waals surface area contributed by atoms with Gasteiger partial charge in [-0.05, 0) is 42.8 Å². The predicted molar refractivity (Wildman–Crippen MR) is 87.7 cm³/mol. The van der Waals surface area contributed by atoms with Crippen LogP contribution in [0.1, 0.15) is 12.5 Å². The topological polar surface area (TPSA) is 75.3 Å². The number of carbonyl (C=O) groups excluding carboxylic acids is 1. The lowest BCUT2D eigenvalue weighted by atomic mass is 10.2. The van der Waals surface area contributed by atoms with E-state index in [4.69, 9.17) is 11.6 Å². The maximum absolute atomic E-state index is 12.3. The summed E-state index contributed by atoms with van der Waals surface area (Å²) in [6.07, 6.45) is 0. The van der Waals surface area contributed by atoms with E-state index >= 15 is 0 Å². The van der Waals surface area contributed by atoms with Crippen LogP contribution in [0.5, 0.6) is 0 Å². The maximum atomic E-state index is 12.3. The molecule has 0 spiro atoms. The van der Waals surface area contributed by atoms with Crippen LogP contribution < -0.4 is 10.0 Å². The van der Waals surface area contributed by atoms with Gasteiger partial charge < -0.3 is 5.32 Å². The van der Waals surface area contributed by atoms with Crippen molar-refractivity contribution in [3.05, 3.63) is 53.1 Å². The molecule has 0 aliphatic rings. The van der Waals surface area contributed by atoms with E-state index in [0.717, 1.165) is 5.56 Å². The Hall–Kier alpha value is -2.05. The van der Waals surface area contributed by atoms with Crippen LogP contribution in [0.3, 0.4) is 0 Å². The van der Waals surface area contributed by atoms with Crippen LogP contribution in [0.25, 0.3) is 0 Å². The third kappa shape index (κ3) is 3.99. The van der Waals surface area contributed by atoms with Gasteiger partial charge in [-0.3, -0.25) is 9.52 Å². The van der Waals surface area contributed by atoms with Crippen molar-refractivity contribution in [3.63, 3.8) is 0 Å². The Kier molecular flexibility index (Phi) is 4.73. The molecule has 1 amide bonds. The molecule has 0 saturated carbocycles. The summed E-state index contributed by atoms with van der Waals surface area (Å²) in [7, 11) is -3.68. The molecule has 0 heterocycles. The predicted octanol–water partition coefficient (Wildman–Crippen LogP) is 3.41. The van der Waals surface area contributed by atoms with Crippen molar-refractivity contribution in [2.45, 2.75) is 18.7 Å². The average Bonchev–Trinajstić information content (AvgIpc) is 2.41. The SMILES string of the molecule is CC(=O)Nc1ccc(NS(=O)(=O)c2cccc(C)c2)cc1Cl. The Balaban J connectivity index is 2.27. The third-order valence-electron chi connectivity index (χ3n) is 2.83. The second kappa shape index (κ2) is 6.37. The number of aryl methyl sites for hydroxylation is 1. The van der Waals surface area contributed by atoms with Crippen LogP contribution in [-0.2, 0) is 14.8 Å². The lowest BCUT2D eigenvalue weighted by Gasteiger charge is -2.11. The molecule has 22 heavy (non-hydrogen) atoms. The molecule has 0 unspecified atom stereocenters. The second-order valence-corrected chi connectivity index (χ2v) is 6.89. The van der Waals surface area contributed by atoms with Gasteiger partial charge in [0.25, 0.3) is 10.0 Å². The molecule has 0 aliphatic heterocycles. The molecule has 0 atom stereocenters. The van der Waals surface area contributed by atoms with Crippen molar-refractivity contribution in [1.29, 1.82) is 0 Å². The van der Waals surface area contributed by atoms with E-state index in [-0.39, 0.29) is 15.8 Å². The number of carbonyl (C=O) groups is 1. The first kappa shape index (κ1) is 16.3. The van der Waals surface area contributed by atoms with E-state index in [2.05, 4.69) is 10.0 Å². The quantitative estimate of drug-likeness (QED) is 0.897. The van der Waals surface area contributed by atoms with Gasteiger partial charge in [-0.2, -0.15) is 0 Å².